The molecule has 3 fully saturated rings. The van der Waals surface area contributed by atoms with E-state index in [-0.39, 0.29) is 0 Å². The van der Waals surface area contributed by atoms with E-state index in [0.717, 1.165) is 18.9 Å². The van der Waals surface area contributed by atoms with Crippen LogP contribution in [0.15, 0.2) is 0 Å². The van der Waals surface area contributed by atoms with Crippen molar-refractivity contribution in [2.45, 2.75) is 50.2 Å². The predicted molar refractivity (Wildman–Crippen MR) is 67.8 cm³/mol. The molecule has 1 saturated carbocycles. The lowest BCUT2D eigenvalue weighted by Gasteiger charge is -2.26. The van der Waals surface area contributed by atoms with Crippen LogP contribution >= 0.6 is 0 Å². The van der Waals surface area contributed by atoms with E-state index in [2.05, 4.69) is 10.2 Å². The van der Waals surface area contributed by atoms with Crippen molar-refractivity contribution in [1.29, 1.82) is 0 Å². The molecule has 0 spiro atoms. The van der Waals surface area contributed by atoms with E-state index in [9.17, 15) is 8.42 Å². The van der Waals surface area contributed by atoms with Gasteiger partial charge in [-0.1, -0.05) is 0 Å². The second-order valence-electron chi connectivity index (χ2n) is 5.80. The van der Waals surface area contributed by atoms with Gasteiger partial charge in [-0.2, -0.15) is 0 Å². The number of rotatable bonds is 3. The van der Waals surface area contributed by atoms with E-state index in [1.807, 2.05) is 0 Å². The van der Waals surface area contributed by atoms with Gasteiger partial charge >= 0.3 is 0 Å². The highest BCUT2D eigenvalue weighted by Crippen LogP contribution is 2.30. The van der Waals surface area contributed by atoms with Gasteiger partial charge in [-0.3, -0.25) is 4.90 Å². The highest BCUT2D eigenvalue weighted by Gasteiger charge is 2.35. The van der Waals surface area contributed by atoms with Crippen LogP contribution in [0.3, 0.4) is 0 Å². The summed E-state index contributed by atoms with van der Waals surface area (Å²) in [5, 5.41) is 3.66. The number of sulfone groups is 1. The van der Waals surface area contributed by atoms with Gasteiger partial charge in [0.05, 0.1) is 11.5 Å². The molecule has 1 aliphatic carbocycles. The number of hydrogen-bond donors (Lipinski definition) is 1. The summed E-state index contributed by atoms with van der Waals surface area (Å²) in [4.78, 5) is 2.59. The van der Waals surface area contributed by atoms with E-state index in [1.54, 1.807) is 0 Å². The van der Waals surface area contributed by atoms with Crippen LogP contribution in [-0.2, 0) is 9.84 Å². The number of nitrogens with zero attached hydrogens (tertiary/aromatic N) is 1. The third-order valence-electron chi connectivity index (χ3n) is 4.31. The van der Waals surface area contributed by atoms with Crippen molar-refractivity contribution >= 4 is 9.84 Å². The molecule has 3 rings (SSSR count). The number of nitrogens with one attached hydrogen (secondary N) is 1. The van der Waals surface area contributed by atoms with Crippen molar-refractivity contribution in [2.75, 3.05) is 24.6 Å². The molecule has 0 amide bonds. The van der Waals surface area contributed by atoms with Crippen LogP contribution in [0, 0.1) is 0 Å². The van der Waals surface area contributed by atoms with Gasteiger partial charge < -0.3 is 5.32 Å². The second kappa shape index (κ2) is 4.52. The van der Waals surface area contributed by atoms with Crippen molar-refractivity contribution in [3.8, 4) is 0 Å². The van der Waals surface area contributed by atoms with Crippen LogP contribution in [0.5, 0.6) is 0 Å². The van der Waals surface area contributed by atoms with Gasteiger partial charge in [0.2, 0.25) is 0 Å². The van der Waals surface area contributed by atoms with Crippen LogP contribution in [0.25, 0.3) is 0 Å². The number of likely N-dealkylation sites (tertiary alicyclic amines) is 1. The third-order valence-corrected chi connectivity index (χ3v) is 6.02. The Hall–Kier alpha value is -0.130. The molecule has 0 aromatic rings. The van der Waals surface area contributed by atoms with Crippen molar-refractivity contribution < 1.29 is 8.42 Å². The summed E-state index contributed by atoms with van der Waals surface area (Å²) in [6.07, 6.45) is 5.62. The molecule has 0 radical (unpaired) electrons. The van der Waals surface area contributed by atoms with E-state index in [1.165, 1.54) is 32.4 Å². The third kappa shape index (κ3) is 3.01. The molecule has 1 N–H and O–H groups in total. The first-order chi connectivity index (χ1) is 8.12. The molecule has 98 valence electrons. The summed E-state index contributed by atoms with van der Waals surface area (Å²) in [6, 6.07) is 1.90. The van der Waals surface area contributed by atoms with Crippen LogP contribution in [-0.4, -0.2) is 56.0 Å². The SMILES string of the molecule is O=S1(=O)CCC(NC2CCN(C3CC3)C2)CC1. The Morgan fingerprint density at radius 2 is 1.65 bits per heavy atom. The molecule has 0 aromatic carbocycles. The molecule has 0 bridgehead atoms. The molecule has 3 aliphatic rings. The average molecular weight is 258 g/mol. The fourth-order valence-electron chi connectivity index (χ4n) is 3.08. The molecule has 1 atom stereocenters. The van der Waals surface area contributed by atoms with Crippen molar-refractivity contribution in [1.82, 2.24) is 10.2 Å². The Morgan fingerprint density at radius 1 is 0.941 bits per heavy atom. The maximum Gasteiger partial charge on any atom is 0.150 e. The van der Waals surface area contributed by atoms with Gasteiger partial charge in [0, 0.05) is 31.2 Å². The summed E-state index contributed by atoms with van der Waals surface area (Å²) >= 11 is 0. The Bertz CT molecular complexity index is 364. The van der Waals surface area contributed by atoms with E-state index in [4.69, 9.17) is 0 Å². The summed E-state index contributed by atoms with van der Waals surface area (Å²) < 4.78 is 22.7. The van der Waals surface area contributed by atoms with Gasteiger partial charge in [0.1, 0.15) is 9.84 Å². The molecule has 4 nitrogen and oxygen atoms in total. The monoisotopic (exact) mass is 258 g/mol. The summed E-state index contributed by atoms with van der Waals surface area (Å²) in [7, 11) is -2.71. The van der Waals surface area contributed by atoms with Crippen LogP contribution in [0.1, 0.15) is 32.1 Å². The lowest BCUT2D eigenvalue weighted by atomic mass is 10.1. The lowest BCUT2D eigenvalue weighted by Crippen LogP contribution is -2.44. The van der Waals surface area contributed by atoms with Crippen LogP contribution < -0.4 is 5.32 Å². The molecule has 2 heterocycles. The van der Waals surface area contributed by atoms with E-state index in [0.29, 0.717) is 23.6 Å². The van der Waals surface area contributed by atoms with E-state index >= 15 is 0 Å². The molecule has 2 aliphatic heterocycles. The molecule has 1 unspecified atom stereocenters. The average Bonchev–Trinajstić information content (AvgIpc) is 3.03. The minimum Gasteiger partial charge on any atom is -0.310 e. The van der Waals surface area contributed by atoms with E-state index < -0.39 is 9.84 Å². The lowest BCUT2D eigenvalue weighted by molar-refractivity contribution is 0.309. The predicted octanol–water partition coefficient (Wildman–Crippen LogP) is 0.390. The summed E-state index contributed by atoms with van der Waals surface area (Å²) in [5.74, 6) is 0.757. The molecule has 5 heteroatoms. The molecular weight excluding hydrogens is 236 g/mol. The zero-order valence-electron chi connectivity index (χ0n) is 10.3. The highest BCUT2D eigenvalue weighted by molar-refractivity contribution is 7.91. The van der Waals surface area contributed by atoms with Gasteiger partial charge in [0.25, 0.3) is 0 Å². The number of hydrogen-bond acceptors (Lipinski definition) is 4. The fourth-order valence-corrected chi connectivity index (χ4v) is 4.58. The largest absolute Gasteiger partial charge is 0.310 e. The maximum absolute atomic E-state index is 11.3. The van der Waals surface area contributed by atoms with Crippen molar-refractivity contribution in [2.24, 2.45) is 0 Å². The first-order valence-corrected chi connectivity index (χ1v) is 8.65. The molecule has 2 saturated heterocycles. The van der Waals surface area contributed by atoms with Gasteiger partial charge in [0.15, 0.2) is 0 Å². The first kappa shape index (κ1) is 11.9. The topological polar surface area (TPSA) is 49.4 Å². The zero-order valence-corrected chi connectivity index (χ0v) is 11.1. The Labute approximate surface area is 104 Å². The fraction of sp³-hybridized carbons (Fsp3) is 1.00. The van der Waals surface area contributed by atoms with Crippen molar-refractivity contribution in [3.63, 3.8) is 0 Å². The van der Waals surface area contributed by atoms with Gasteiger partial charge in [-0.25, -0.2) is 8.42 Å². The normalized spacial score (nSPS) is 35.2. The molecule has 0 aromatic heterocycles. The summed E-state index contributed by atoms with van der Waals surface area (Å²) in [5.41, 5.74) is 0. The smallest absolute Gasteiger partial charge is 0.150 e. The molecule has 17 heavy (non-hydrogen) atoms. The quantitative estimate of drug-likeness (QED) is 0.795. The second-order valence-corrected chi connectivity index (χ2v) is 8.11. The Morgan fingerprint density at radius 3 is 2.29 bits per heavy atom. The van der Waals surface area contributed by atoms with Gasteiger partial charge in [-0.05, 0) is 32.1 Å². The Balaban J connectivity index is 1.45. The molecular formula is C12H22N2O2S. The minimum absolute atomic E-state index is 0.379. The minimum atomic E-state index is -2.71. The van der Waals surface area contributed by atoms with Gasteiger partial charge in [-0.15, -0.1) is 0 Å². The van der Waals surface area contributed by atoms with Crippen molar-refractivity contribution in [3.05, 3.63) is 0 Å². The van der Waals surface area contributed by atoms with Crippen LogP contribution in [0.2, 0.25) is 0 Å². The summed E-state index contributed by atoms with van der Waals surface area (Å²) in [6.45, 7) is 2.40. The standard InChI is InChI=1S/C12H22N2O2S/c15-17(16)7-4-10(5-8-17)13-11-3-6-14(9-11)12-1-2-12/h10-13H,1-9H2. The highest BCUT2D eigenvalue weighted by atomic mass is 32.2. The first-order valence-electron chi connectivity index (χ1n) is 6.83. The van der Waals surface area contributed by atoms with Crippen LogP contribution in [0.4, 0.5) is 0 Å². The zero-order chi connectivity index (χ0) is 11.9. The maximum atomic E-state index is 11.3. The Kier molecular flexibility index (Phi) is 3.17.